The quantitative estimate of drug-likeness (QED) is 0.702. The second-order valence-electron chi connectivity index (χ2n) is 4.53. The van der Waals surface area contributed by atoms with E-state index in [2.05, 4.69) is 38.1 Å². The van der Waals surface area contributed by atoms with Gasteiger partial charge in [-0.2, -0.15) is 0 Å². The monoisotopic (exact) mass is 235 g/mol. The van der Waals surface area contributed by atoms with Crippen LogP contribution in [0.1, 0.15) is 38.7 Å². The van der Waals surface area contributed by atoms with E-state index in [1.807, 2.05) is 6.07 Å². The molecule has 0 amide bonds. The van der Waals surface area contributed by atoms with Crippen LogP contribution in [0.3, 0.4) is 0 Å². The van der Waals surface area contributed by atoms with Gasteiger partial charge in [-0.05, 0) is 31.2 Å². The molecule has 2 N–H and O–H groups in total. The third-order valence-electron chi connectivity index (χ3n) is 3.52. The number of ether oxygens (including phenoxy) is 1. The maximum Gasteiger partial charge on any atom is 0.0798 e. The Kier molecular flexibility index (Phi) is 6.23. The first kappa shape index (κ1) is 14.2. The zero-order valence-electron chi connectivity index (χ0n) is 11.1. The molecular formula is C15H25NO. The molecule has 0 saturated carbocycles. The van der Waals surface area contributed by atoms with E-state index in [1.54, 1.807) is 0 Å². The van der Waals surface area contributed by atoms with E-state index in [9.17, 15) is 0 Å². The fourth-order valence-corrected chi connectivity index (χ4v) is 2.01. The Bertz CT molecular complexity index is 285. The van der Waals surface area contributed by atoms with Gasteiger partial charge in [-0.15, -0.1) is 0 Å². The lowest BCUT2D eigenvalue weighted by molar-refractivity contribution is -0.0451. The third kappa shape index (κ3) is 4.49. The van der Waals surface area contributed by atoms with E-state index >= 15 is 0 Å². The molecular weight excluding hydrogens is 210 g/mol. The van der Waals surface area contributed by atoms with E-state index in [0.717, 1.165) is 32.3 Å². The van der Waals surface area contributed by atoms with Gasteiger partial charge in [0.1, 0.15) is 0 Å². The lowest BCUT2D eigenvalue weighted by Crippen LogP contribution is -2.39. The van der Waals surface area contributed by atoms with Gasteiger partial charge in [-0.25, -0.2) is 0 Å². The van der Waals surface area contributed by atoms with E-state index < -0.39 is 0 Å². The minimum absolute atomic E-state index is 0.101. The Morgan fingerprint density at radius 3 is 2.29 bits per heavy atom. The van der Waals surface area contributed by atoms with Crippen LogP contribution in [0.4, 0.5) is 0 Å². The van der Waals surface area contributed by atoms with E-state index in [4.69, 9.17) is 10.5 Å². The zero-order valence-corrected chi connectivity index (χ0v) is 11.1. The highest BCUT2D eigenvalue weighted by atomic mass is 16.5. The number of rotatable bonds is 8. The number of hydrogen-bond donors (Lipinski definition) is 1. The van der Waals surface area contributed by atoms with Crippen LogP contribution in [-0.4, -0.2) is 18.8 Å². The SMILES string of the molecule is CCC(CC)(CN)OCCCc1ccccc1. The first-order valence-corrected chi connectivity index (χ1v) is 6.64. The molecule has 2 nitrogen and oxygen atoms in total. The van der Waals surface area contributed by atoms with Crippen LogP contribution in [0.15, 0.2) is 30.3 Å². The molecule has 0 heterocycles. The van der Waals surface area contributed by atoms with Crippen LogP contribution in [-0.2, 0) is 11.2 Å². The summed E-state index contributed by atoms with van der Waals surface area (Å²) in [7, 11) is 0. The second kappa shape index (κ2) is 7.46. The largest absolute Gasteiger partial charge is 0.374 e. The van der Waals surface area contributed by atoms with Crippen molar-refractivity contribution in [1.82, 2.24) is 0 Å². The summed E-state index contributed by atoms with van der Waals surface area (Å²) in [5, 5.41) is 0. The van der Waals surface area contributed by atoms with Crippen molar-refractivity contribution in [2.75, 3.05) is 13.2 Å². The number of hydrogen-bond acceptors (Lipinski definition) is 2. The predicted molar refractivity (Wildman–Crippen MR) is 73.1 cm³/mol. The summed E-state index contributed by atoms with van der Waals surface area (Å²) in [5.74, 6) is 0. The van der Waals surface area contributed by atoms with E-state index in [1.165, 1.54) is 5.56 Å². The molecule has 0 radical (unpaired) electrons. The minimum Gasteiger partial charge on any atom is -0.374 e. The van der Waals surface area contributed by atoms with Crippen LogP contribution < -0.4 is 5.73 Å². The van der Waals surface area contributed by atoms with Crippen molar-refractivity contribution in [3.8, 4) is 0 Å². The molecule has 1 aromatic rings. The summed E-state index contributed by atoms with van der Waals surface area (Å²) < 4.78 is 5.97. The summed E-state index contributed by atoms with van der Waals surface area (Å²) in [6, 6.07) is 10.5. The topological polar surface area (TPSA) is 35.2 Å². The smallest absolute Gasteiger partial charge is 0.0798 e. The van der Waals surface area contributed by atoms with Gasteiger partial charge in [0.25, 0.3) is 0 Å². The summed E-state index contributed by atoms with van der Waals surface area (Å²) in [4.78, 5) is 0. The van der Waals surface area contributed by atoms with Crippen molar-refractivity contribution in [2.24, 2.45) is 5.73 Å². The van der Waals surface area contributed by atoms with Gasteiger partial charge in [0, 0.05) is 13.2 Å². The van der Waals surface area contributed by atoms with Gasteiger partial charge in [0.15, 0.2) is 0 Å². The lowest BCUT2D eigenvalue weighted by Gasteiger charge is -2.30. The van der Waals surface area contributed by atoms with Crippen molar-refractivity contribution < 1.29 is 4.74 Å². The Morgan fingerprint density at radius 1 is 1.12 bits per heavy atom. The maximum atomic E-state index is 5.97. The van der Waals surface area contributed by atoms with Gasteiger partial charge in [0.2, 0.25) is 0 Å². The molecule has 0 unspecified atom stereocenters. The molecule has 0 aliphatic rings. The molecule has 0 atom stereocenters. The van der Waals surface area contributed by atoms with Crippen molar-refractivity contribution in [1.29, 1.82) is 0 Å². The van der Waals surface area contributed by atoms with Crippen LogP contribution in [0.2, 0.25) is 0 Å². The molecule has 0 fully saturated rings. The standard InChI is InChI=1S/C15H25NO/c1-3-15(4-2,13-16)17-12-8-11-14-9-6-5-7-10-14/h5-7,9-10H,3-4,8,11-13,16H2,1-2H3. The Hall–Kier alpha value is -0.860. The van der Waals surface area contributed by atoms with E-state index in [0.29, 0.717) is 6.54 Å². The molecule has 0 spiro atoms. The highest BCUT2D eigenvalue weighted by molar-refractivity contribution is 5.14. The number of aryl methyl sites for hydroxylation is 1. The highest BCUT2D eigenvalue weighted by Crippen LogP contribution is 2.19. The molecule has 1 rings (SSSR count). The normalized spacial score (nSPS) is 11.7. The molecule has 0 aliphatic heterocycles. The average Bonchev–Trinajstić information content (AvgIpc) is 2.41. The van der Waals surface area contributed by atoms with Crippen LogP contribution >= 0.6 is 0 Å². The zero-order chi connectivity index (χ0) is 12.6. The van der Waals surface area contributed by atoms with Gasteiger partial charge in [-0.1, -0.05) is 44.2 Å². The summed E-state index contributed by atoms with van der Waals surface area (Å²) in [5.41, 5.74) is 7.07. The Balaban J connectivity index is 2.28. The number of nitrogens with two attached hydrogens (primary N) is 1. The third-order valence-corrected chi connectivity index (χ3v) is 3.52. The average molecular weight is 235 g/mol. The van der Waals surface area contributed by atoms with Crippen molar-refractivity contribution in [3.05, 3.63) is 35.9 Å². The van der Waals surface area contributed by atoms with Gasteiger partial charge in [-0.3, -0.25) is 0 Å². The molecule has 0 saturated heterocycles. The van der Waals surface area contributed by atoms with Crippen LogP contribution in [0.5, 0.6) is 0 Å². The Morgan fingerprint density at radius 2 is 1.76 bits per heavy atom. The highest BCUT2D eigenvalue weighted by Gasteiger charge is 2.24. The molecule has 96 valence electrons. The summed E-state index contributed by atoms with van der Waals surface area (Å²) in [6.45, 7) is 5.71. The van der Waals surface area contributed by atoms with Crippen LogP contribution in [0, 0.1) is 0 Å². The van der Waals surface area contributed by atoms with Crippen molar-refractivity contribution in [3.63, 3.8) is 0 Å². The minimum atomic E-state index is -0.101. The van der Waals surface area contributed by atoms with Crippen molar-refractivity contribution in [2.45, 2.75) is 45.1 Å². The second-order valence-corrected chi connectivity index (χ2v) is 4.53. The summed E-state index contributed by atoms with van der Waals surface area (Å²) >= 11 is 0. The molecule has 0 bridgehead atoms. The summed E-state index contributed by atoms with van der Waals surface area (Å²) in [6.07, 6.45) is 4.12. The molecule has 0 aromatic heterocycles. The first-order chi connectivity index (χ1) is 8.26. The first-order valence-electron chi connectivity index (χ1n) is 6.64. The maximum absolute atomic E-state index is 5.97. The number of benzene rings is 1. The fourth-order valence-electron chi connectivity index (χ4n) is 2.01. The molecule has 1 aromatic carbocycles. The van der Waals surface area contributed by atoms with Gasteiger partial charge in [0.05, 0.1) is 5.60 Å². The molecule has 0 aliphatic carbocycles. The van der Waals surface area contributed by atoms with Gasteiger partial charge < -0.3 is 10.5 Å². The fraction of sp³-hybridized carbons (Fsp3) is 0.600. The molecule has 2 heteroatoms. The van der Waals surface area contributed by atoms with Crippen molar-refractivity contribution >= 4 is 0 Å². The predicted octanol–water partition coefficient (Wildman–Crippen LogP) is 3.15. The lowest BCUT2D eigenvalue weighted by atomic mass is 9.97. The Labute approximate surface area is 105 Å². The van der Waals surface area contributed by atoms with Gasteiger partial charge >= 0.3 is 0 Å². The molecule has 17 heavy (non-hydrogen) atoms. The van der Waals surface area contributed by atoms with Crippen LogP contribution in [0.25, 0.3) is 0 Å². The van der Waals surface area contributed by atoms with E-state index in [-0.39, 0.29) is 5.60 Å².